The number of hydrogen-bond donors (Lipinski definition) is 2. The third-order valence-corrected chi connectivity index (χ3v) is 3.44. The molecule has 0 fully saturated rings. The number of nitrogens with one attached hydrogen (secondary N) is 2. The second-order valence-electron chi connectivity index (χ2n) is 4.84. The Kier molecular flexibility index (Phi) is 2.85. The van der Waals surface area contributed by atoms with Crippen molar-refractivity contribution in [3.63, 3.8) is 0 Å². The molecule has 0 amide bonds. The number of hydrogen-bond acceptors (Lipinski definition) is 5. The minimum Gasteiger partial charge on any atom is -0.486 e. The molecule has 0 atom stereocenters. The van der Waals surface area contributed by atoms with Crippen LogP contribution in [0.2, 0.25) is 0 Å². The number of H-pyrrole nitrogens is 1. The van der Waals surface area contributed by atoms with Crippen LogP contribution in [0, 0.1) is 0 Å². The maximum atomic E-state index is 5.64. The van der Waals surface area contributed by atoms with Gasteiger partial charge in [-0.1, -0.05) is 0 Å². The first-order valence-corrected chi connectivity index (χ1v) is 6.80. The number of pyridine rings is 1. The third-order valence-electron chi connectivity index (χ3n) is 3.44. The average Bonchev–Trinajstić information content (AvgIpc) is 3.04. The number of benzene rings is 1. The third kappa shape index (κ3) is 2.24. The normalized spacial score (nSPS) is 13.3. The van der Waals surface area contributed by atoms with Gasteiger partial charge in [-0.25, -0.2) is 4.98 Å². The maximum absolute atomic E-state index is 5.64. The Morgan fingerprint density at radius 1 is 1.19 bits per heavy atom. The van der Waals surface area contributed by atoms with Gasteiger partial charge < -0.3 is 14.8 Å². The van der Waals surface area contributed by atoms with E-state index in [9.17, 15) is 0 Å². The lowest BCUT2D eigenvalue weighted by Crippen LogP contribution is -2.15. The first-order chi connectivity index (χ1) is 10.4. The van der Waals surface area contributed by atoms with Crippen LogP contribution in [-0.2, 0) is 6.54 Å². The first kappa shape index (κ1) is 12.0. The molecular weight excluding hydrogens is 268 g/mol. The lowest BCUT2D eigenvalue weighted by Gasteiger charge is -2.19. The lowest BCUT2D eigenvalue weighted by atomic mass is 10.1. The van der Waals surface area contributed by atoms with Crippen molar-refractivity contribution >= 4 is 16.6 Å². The van der Waals surface area contributed by atoms with Crippen molar-refractivity contribution in [2.75, 3.05) is 18.5 Å². The molecule has 2 N–H and O–H groups in total. The summed E-state index contributed by atoms with van der Waals surface area (Å²) in [6.45, 7) is 1.84. The van der Waals surface area contributed by atoms with Crippen LogP contribution in [-0.4, -0.2) is 28.4 Å². The van der Waals surface area contributed by atoms with Gasteiger partial charge >= 0.3 is 0 Å². The Morgan fingerprint density at radius 3 is 2.86 bits per heavy atom. The molecule has 106 valence electrons. The van der Waals surface area contributed by atoms with E-state index in [0.717, 1.165) is 33.7 Å². The topological polar surface area (TPSA) is 72.1 Å². The lowest BCUT2D eigenvalue weighted by molar-refractivity contribution is 0.172. The Morgan fingerprint density at radius 2 is 2.05 bits per heavy atom. The van der Waals surface area contributed by atoms with Crippen LogP contribution < -0.4 is 14.8 Å². The average molecular weight is 282 g/mol. The van der Waals surface area contributed by atoms with E-state index < -0.39 is 0 Å². The molecule has 21 heavy (non-hydrogen) atoms. The van der Waals surface area contributed by atoms with Gasteiger partial charge in [0.2, 0.25) is 0 Å². The number of aromatic nitrogens is 3. The number of aromatic amines is 1. The molecule has 0 bridgehead atoms. The zero-order valence-electron chi connectivity index (χ0n) is 11.3. The standard InChI is InChI=1S/C15H14N4O2/c1-2-16-15(17-7-10-8-18-19-9-10)12-6-14-13(5-11(1)12)20-3-4-21-14/h1-2,5-6,8-9H,3-4,7H2,(H,16,17)(H,18,19). The molecule has 6 heteroatoms. The highest BCUT2D eigenvalue weighted by Crippen LogP contribution is 2.36. The zero-order chi connectivity index (χ0) is 14.1. The van der Waals surface area contributed by atoms with Crippen molar-refractivity contribution in [3.8, 4) is 11.5 Å². The van der Waals surface area contributed by atoms with Crippen LogP contribution in [0.15, 0.2) is 36.8 Å². The summed E-state index contributed by atoms with van der Waals surface area (Å²) in [7, 11) is 0. The van der Waals surface area contributed by atoms with Crippen LogP contribution in [0.1, 0.15) is 5.56 Å². The van der Waals surface area contributed by atoms with Gasteiger partial charge in [0.05, 0.1) is 6.20 Å². The molecule has 0 saturated carbocycles. The predicted octanol–water partition coefficient (Wildman–Crippen LogP) is 2.34. The Labute approximate surface area is 121 Å². The van der Waals surface area contributed by atoms with Crippen LogP contribution in [0.4, 0.5) is 5.82 Å². The van der Waals surface area contributed by atoms with Gasteiger partial charge in [0.1, 0.15) is 19.0 Å². The molecule has 0 saturated heterocycles. The van der Waals surface area contributed by atoms with E-state index in [1.54, 1.807) is 12.4 Å². The first-order valence-electron chi connectivity index (χ1n) is 6.80. The second kappa shape index (κ2) is 4.97. The molecule has 1 aliphatic rings. The molecule has 0 radical (unpaired) electrons. The van der Waals surface area contributed by atoms with Crippen molar-refractivity contribution in [2.45, 2.75) is 6.54 Å². The van der Waals surface area contributed by atoms with E-state index in [1.807, 2.05) is 24.4 Å². The fraction of sp³-hybridized carbons (Fsp3) is 0.200. The van der Waals surface area contributed by atoms with Gasteiger partial charge in [-0.3, -0.25) is 5.10 Å². The summed E-state index contributed by atoms with van der Waals surface area (Å²) in [6, 6.07) is 5.94. The minimum absolute atomic E-state index is 0.580. The summed E-state index contributed by atoms with van der Waals surface area (Å²) in [5, 5.41) is 12.2. The Balaban J connectivity index is 1.71. The van der Waals surface area contributed by atoms with Crippen LogP contribution >= 0.6 is 0 Å². The molecule has 1 aliphatic heterocycles. The van der Waals surface area contributed by atoms with Gasteiger partial charge in [-0.2, -0.15) is 5.10 Å². The minimum atomic E-state index is 0.580. The molecule has 6 nitrogen and oxygen atoms in total. The van der Waals surface area contributed by atoms with Crippen molar-refractivity contribution < 1.29 is 9.47 Å². The van der Waals surface area contributed by atoms with Crippen molar-refractivity contribution in [1.29, 1.82) is 0 Å². The highest BCUT2D eigenvalue weighted by atomic mass is 16.6. The Hall–Kier alpha value is -2.76. The van der Waals surface area contributed by atoms with Gasteiger partial charge in [-0.15, -0.1) is 0 Å². The van der Waals surface area contributed by atoms with Crippen molar-refractivity contribution in [2.24, 2.45) is 0 Å². The molecule has 0 aliphatic carbocycles. The quantitative estimate of drug-likeness (QED) is 0.771. The van der Waals surface area contributed by atoms with Crippen LogP contribution in [0.3, 0.4) is 0 Å². The van der Waals surface area contributed by atoms with E-state index in [0.29, 0.717) is 19.8 Å². The summed E-state index contributed by atoms with van der Waals surface area (Å²) >= 11 is 0. The predicted molar refractivity (Wildman–Crippen MR) is 78.6 cm³/mol. The van der Waals surface area contributed by atoms with E-state index in [2.05, 4.69) is 20.5 Å². The molecule has 2 aromatic heterocycles. The van der Waals surface area contributed by atoms with Gasteiger partial charge in [-0.05, 0) is 23.6 Å². The van der Waals surface area contributed by atoms with E-state index >= 15 is 0 Å². The van der Waals surface area contributed by atoms with Crippen LogP contribution in [0.25, 0.3) is 10.8 Å². The molecule has 3 aromatic rings. The molecule has 4 rings (SSSR count). The SMILES string of the molecule is c1cc2cc3c(cc2c(NCc2cn[nH]c2)n1)OCCO3. The summed E-state index contributed by atoms with van der Waals surface area (Å²) in [4.78, 5) is 4.42. The van der Waals surface area contributed by atoms with Crippen molar-refractivity contribution in [3.05, 3.63) is 42.4 Å². The van der Waals surface area contributed by atoms with Gasteiger partial charge in [0.25, 0.3) is 0 Å². The number of anilines is 1. The zero-order valence-corrected chi connectivity index (χ0v) is 11.3. The summed E-state index contributed by atoms with van der Waals surface area (Å²) < 4.78 is 11.3. The van der Waals surface area contributed by atoms with Gasteiger partial charge in [0, 0.05) is 29.9 Å². The summed E-state index contributed by atoms with van der Waals surface area (Å²) in [5.41, 5.74) is 1.08. The van der Waals surface area contributed by atoms with Crippen LogP contribution in [0.5, 0.6) is 11.5 Å². The largest absolute Gasteiger partial charge is 0.486 e. The number of rotatable bonds is 3. The number of ether oxygens (including phenoxy) is 2. The van der Waals surface area contributed by atoms with E-state index in [4.69, 9.17) is 9.47 Å². The number of nitrogens with zero attached hydrogens (tertiary/aromatic N) is 2. The monoisotopic (exact) mass is 282 g/mol. The molecule has 0 unspecified atom stereocenters. The molecular formula is C15H14N4O2. The molecule has 1 aromatic carbocycles. The smallest absolute Gasteiger partial charge is 0.162 e. The highest BCUT2D eigenvalue weighted by Gasteiger charge is 2.14. The molecule has 3 heterocycles. The fourth-order valence-corrected chi connectivity index (χ4v) is 2.41. The summed E-state index contributed by atoms with van der Waals surface area (Å²) in [5.74, 6) is 2.39. The second-order valence-corrected chi connectivity index (χ2v) is 4.84. The Bertz CT molecular complexity index is 771. The fourth-order valence-electron chi connectivity index (χ4n) is 2.41. The van der Waals surface area contributed by atoms with E-state index in [1.165, 1.54) is 0 Å². The summed E-state index contributed by atoms with van der Waals surface area (Å²) in [6.07, 6.45) is 5.43. The number of fused-ring (bicyclic) bond motifs is 2. The van der Waals surface area contributed by atoms with E-state index in [-0.39, 0.29) is 0 Å². The van der Waals surface area contributed by atoms with Crippen molar-refractivity contribution in [1.82, 2.24) is 15.2 Å². The molecule has 0 spiro atoms. The van der Waals surface area contributed by atoms with Gasteiger partial charge in [0.15, 0.2) is 11.5 Å². The maximum Gasteiger partial charge on any atom is 0.162 e. The highest BCUT2D eigenvalue weighted by molar-refractivity contribution is 5.94.